The van der Waals surface area contributed by atoms with Crippen LogP contribution in [-0.4, -0.2) is 26.2 Å². The van der Waals surface area contributed by atoms with E-state index >= 15 is 0 Å². The molecular formula is C16H24O4. The van der Waals surface area contributed by atoms with E-state index in [0.29, 0.717) is 12.3 Å². The number of carbonyl (C=O) groups is 2. The van der Waals surface area contributed by atoms with Crippen LogP contribution in [0.4, 0.5) is 0 Å². The van der Waals surface area contributed by atoms with Crippen LogP contribution in [0.25, 0.3) is 0 Å². The van der Waals surface area contributed by atoms with Crippen LogP contribution in [0.1, 0.15) is 51.9 Å². The molecule has 2 aliphatic rings. The molecule has 2 rings (SSSR count). The summed E-state index contributed by atoms with van der Waals surface area (Å²) in [5, 5.41) is 0. The van der Waals surface area contributed by atoms with Crippen LogP contribution in [-0.2, 0) is 19.1 Å². The van der Waals surface area contributed by atoms with E-state index in [1.807, 2.05) is 0 Å². The molecule has 0 radical (unpaired) electrons. The van der Waals surface area contributed by atoms with Gasteiger partial charge in [-0.2, -0.15) is 0 Å². The van der Waals surface area contributed by atoms with E-state index in [1.165, 1.54) is 19.8 Å². The van der Waals surface area contributed by atoms with Gasteiger partial charge in [-0.25, -0.2) is 0 Å². The van der Waals surface area contributed by atoms with Crippen molar-refractivity contribution in [2.75, 3.05) is 14.2 Å². The van der Waals surface area contributed by atoms with Crippen molar-refractivity contribution in [3.63, 3.8) is 0 Å². The van der Waals surface area contributed by atoms with Crippen molar-refractivity contribution in [1.82, 2.24) is 0 Å². The average molecular weight is 280 g/mol. The molecule has 20 heavy (non-hydrogen) atoms. The van der Waals surface area contributed by atoms with Gasteiger partial charge in [-0.15, -0.1) is 0 Å². The summed E-state index contributed by atoms with van der Waals surface area (Å²) in [7, 11) is 2.70. The first-order valence-corrected chi connectivity index (χ1v) is 7.51. The molecule has 112 valence electrons. The third-order valence-corrected chi connectivity index (χ3v) is 4.78. The Hall–Kier alpha value is -1.32. The van der Waals surface area contributed by atoms with Gasteiger partial charge in [0.1, 0.15) is 0 Å². The summed E-state index contributed by atoms with van der Waals surface area (Å²) in [5.41, 5.74) is 1.16. The quantitative estimate of drug-likeness (QED) is 0.451. The molecule has 0 bridgehead atoms. The summed E-state index contributed by atoms with van der Waals surface area (Å²) < 4.78 is 9.92. The minimum absolute atomic E-state index is 0.327. The Balaban J connectivity index is 2.49. The van der Waals surface area contributed by atoms with E-state index in [9.17, 15) is 9.59 Å². The topological polar surface area (TPSA) is 52.6 Å². The second kappa shape index (κ2) is 5.98. The van der Waals surface area contributed by atoms with E-state index in [4.69, 9.17) is 9.47 Å². The van der Waals surface area contributed by atoms with Crippen molar-refractivity contribution < 1.29 is 19.1 Å². The van der Waals surface area contributed by atoms with Gasteiger partial charge in [-0.1, -0.05) is 18.9 Å². The third-order valence-electron chi connectivity index (χ3n) is 4.78. The molecule has 0 saturated heterocycles. The van der Waals surface area contributed by atoms with Crippen LogP contribution in [0.2, 0.25) is 0 Å². The highest BCUT2D eigenvalue weighted by molar-refractivity contribution is 6.04. The van der Waals surface area contributed by atoms with Gasteiger partial charge >= 0.3 is 11.9 Å². The van der Waals surface area contributed by atoms with E-state index in [0.717, 1.165) is 44.1 Å². The lowest BCUT2D eigenvalue weighted by Gasteiger charge is -2.28. The lowest BCUT2D eigenvalue weighted by atomic mass is 9.76. The van der Waals surface area contributed by atoms with Gasteiger partial charge < -0.3 is 9.47 Å². The van der Waals surface area contributed by atoms with Crippen molar-refractivity contribution in [3.05, 3.63) is 11.1 Å². The first kappa shape index (κ1) is 15.1. The first-order chi connectivity index (χ1) is 9.61. The largest absolute Gasteiger partial charge is 0.468 e. The molecular weight excluding hydrogens is 256 g/mol. The summed E-state index contributed by atoms with van der Waals surface area (Å²) in [4.78, 5) is 24.8. The second-order valence-corrected chi connectivity index (χ2v) is 5.79. The minimum Gasteiger partial charge on any atom is -0.468 e. The number of hydrogen-bond donors (Lipinski definition) is 0. The van der Waals surface area contributed by atoms with Crippen LogP contribution in [0.3, 0.4) is 0 Å². The van der Waals surface area contributed by atoms with Crippen LogP contribution < -0.4 is 0 Å². The van der Waals surface area contributed by atoms with Gasteiger partial charge in [-0.05, 0) is 50.0 Å². The molecule has 0 aliphatic heterocycles. The zero-order chi connectivity index (χ0) is 14.8. The smallest absolute Gasteiger partial charge is 0.327 e. The first-order valence-electron chi connectivity index (χ1n) is 7.51. The summed E-state index contributed by atoms with van der Waals surface area (Å²) in [6.45, 7) is 2.14. The number of methoxy groups -OCH3 is 2. The number of allylic oxidation sites excluding steroid dienone is 1. The van der Waals surface area contributed by atoms with E-state index < -0.39 is 17.4 Å². The van der Waals surface area contributed by atoms with Crippen LogP contribution in [0, 0.1) is 11.3 Å². The highest BCUT2D eigenvalue weighted by atomic mass is 16.5. The fraction of sp³-hybridized carbons (Fsp3) is 0.750. The molecule has 4 nitrogen and oxygen atoms in total. The molecule has 0 amide bonds. The maximum absolute atomic E-state index is 12.4. The normalized spacial score (nSPS) is 24.2. The van der Waals surface area contributed by atoms with Crippen molar-refractivity contribution in [3.8, 4) is 0 Å². The molecule has 0 saturated carbocycles. The molecule has 0 spiro atoms. The van der Waals surface area contributed by atoms with E-state index in [2.05, 4.69) is 6.92 Å². The lowest BCUT2D eigenvalue weighted by Crippen LogP contribution is -2.41. The average Bonchev–Trinajstić information content (AvgIpc) is 2.82. The van der Waals surface area contributed by atoms with Gasteiger partial charge in [0, 0.05) is 0 Å². The summed E-state index contributed by atoms with van der Waals surface area (Å²) in [5.74, 6) is -0.566. The Morgan fingerprint density at radius 2 is 1.75 bits per heavy atom. The summed E-state index contributed by atoms with van der Waals surface area (Å²) in [6.07, 6.45) is 6.62. The third kappa shape index (κ3) is 2.15. The van der Waals surface area contributed by atoms with E-state index in [-0.39, 0.29) is 0 Å². The summed E-state index contributed by atoms with van der Waals surface area (Å²) in [6, 6.07) is 0. The molecule has 1 atom stereocenters. The monoisotopic (exact) mass is 280 g/mol. The fourth-order valence-electron chi connectivity index (χ4n) is 3.95. The van der Waals surface area contributed by atoms with Gasteiger partial charge in [-0.3, -0.25) is 9.59 Å². The molecule has 0 heterocycles. The Labute approximate surface area is 120 Å². The molecule has 0 fully saturated rings. The predicted molar refractivity (Wildman–Crippen MR) is 75.0 cm³/mol. The van der Waals surface area contributed by atoms with Crippen molar-refractivity contribution in [1.29, 1.82) is 0 Å². The van der Waals surface area contributed by atoms with Gasteiger partial charge in [0.2, 0.25) is 0 Å². The zero-order valence-corrected chi connectivity index (χ0v) is 12.7. The van der Waals surface area contributed by atoms with Crippen LogP contribution in [0.5, 0.6) is 0 Å². The Bertz CT molecular complexity index is 420. The predicted octanol–water partition coefficient (Wildman–Crippen LogP) is 3.01. The number of hydrogen-bond acceptors (Lipinski definition) is 4. The molecule has 1 unspecified atom stereocenters. The zero-order valence-electron chi connectivity index (χ0n) is 12.7. The molecule has 0 aromatic heterocycles. The molecule has 2 aliphatic carbocycles. The van der Waals surface area contributed by atoms with Crippen molar-refractivity contribution >= 4 is 11.9 Å². The number of rotatable bonds is 4. The Morgan fingerprint density at radius 3 is 2.30 bits per heavy atom. The molecule has 0 aromatic carbocycles. The number of esters is 2. The minimum atomic E-state index is -1.17. The van der Waals surface area contributed by atoms with Crippen molar-refractivity contribution in [2.45, 2.75) is 51.9 Å². The fourth-order valence-corrected chi connectivity index (χ4v) is 3.95. The second-order valence-electron chi connectivity index (χ2n) is 5.79. The Kier molecular flexibility index (Phi) is 4.51. The van der Waals surface area contributed by atoms with E-state index in [1.54, 1.807) is 0 Å². The molecule has 0 N–H and O–H groups in total. The van der Waals surface area contributed by atoms with Crippen LogP contribution in [0.15, 0.2) is 11.1 Å². The standard InChI is InChI=1S/C16H24O4/c1-4-7-11-10-16(14(17)19-2,15(18)20-3)13-9-6-5-8-12(11)13/h11H,4-10H2,1-3H3. The highest BCUT2D eigenvalue weighted by Crippen LogP contribution is 2.54. The maximum Gasteiger partial charge on any atom is 0.327 e. The SMILES string of the molecule is CCCC1CC(C(=O)OC)(C(=O)OC)C2=C1CCCC2. The molecule has 0 aromatic rings. The van der Waals surface area contributed by atoms with Crippen LogP contribution >= 0.6 is 0 Å². The van der Waals surface area contributed by atoms with Crippen molar-refractivity contribution in [2.24, 2.45) is 11.3 Å². The maximum atomic E-state index is 12.4. The number of carbonyl (C=O) groups excluding carboxylic acids is 2. The molecule has 4 heteroatoms. The van der Waals surface area contributed by atoms with Gasteiger partial charge in [0.25, 0.3) is 0 Å². The lowest BCUT2D eigenvalue weighted by molar-refractivity contribution is -0.166. The number of ether oxygens (including phenoxy) is 2. The summed E-state index contributed by atoms with van der Waals surface area (Å²) >= 11 is 0. The highest BCUT2D eigenvalue weighted by Gasteiger charge is 2.57. The van der Waals surface area contributed by atoms with Gasteiger partial charge in [0.15, 0.2) is 5.41 Å². The Morgan fingerprint density at radius 1 is 1.15 bits per heavy atom. The van der Waals surface area contributed by atoms with Gasteiger partial charge in [0.05, 0.1) is 14.2 Å².